The number of rotatable bonds is 5. The lowest BCUT2D eigenvalue weighted by molar-refractivity contribution is -0.120. The maximum absolute atomic E-state index is 11.0. The summed E-state index contributed by atoms with van der Waals surface area (Å²) in [6, 6.07) is 7.26. The van der Waals surface area contributed by atoms with E-state index >= 15 is 0 Å². The summed E-state index contributed by atoms with van der Waals surface area (Å²) in [7, 11) is 1.63. The number of benzene rings is 1. The second kappa shape index (κ2) is 6.25. The fourth-order valence-corrected chi connectivity index (χ4v) is 1.55. The minimum Gasteiger partial charge on any atom is -0.394 e. The number of carbonyl (C=O) groups excluding carboxylic acids is 1. The first kappa shape index (κ1) is 12.7. The van der Waals surface area contributed by atoms with Gasteiger partial charge in [-0.15, -0.1) is 0 Å². The highest BCUT2D eigenvalue weighted by Gasteiger charge is 2.11. The molecule has 1 aromatic rings. The molecule has 4 nitrogen and oxygen atoms in total. The Morgan fingerprint density at radius 2 is 2.31 bits per heavy atom. The SMILES string of the molecule is COCc1cccc([C@@H](CO)NC(C)=O)c1. The molecule has 0 fully saturated rings. The summed E-state index contributed by atoms with van der Waals surface area (Å²) in [5.41, 5.74) is 1.90. The Bertz CT molecular complexity index is 352. The van der Waals surface area contributed by atoms with Gasteiger partial charge in [-0.25, -0.2) is 0 Å². The van der Waals surface area contributed by atoms with Crippen LogP contribution < -0.4 is 5.32 Å². The second-order valence-corrected chi connectivity index (χ2v) is 3.61. The van der Waals surface area contributed by atoms with Crippen LogP contribution in [0.4, 0.5) is 0 Å². The Balaban J connectivity index is 2.83. The van der Waals surface area contributed by atoms with Gasteiger partial charge in [0.05, 0.1) is 19.3 Å². The number of nitrogens with one attached hydrogen (secondary N) is 1. The van der Waals surface area contributed by atoms with E-state index in [1.165, 1.54) is 6.92 Å². The molecule has 0 spiro atoms. The number of amides is 1. The van der Waals surface area contributed by atoms with E-state index in [4.69, 9.17) is 4.74 Å². The first-order chi connectivity index (χ1) is 7.67. The third-order valence-electron chi connectivity index (χ3n) is 2.22. The van der Waals surface area contributed by atoms with Gasteiger partial charge < -0.3 is 15.2 Å². The number of methoxy groups -OCH3 is 1. The number of carbonyl (C=O) groups is 1. The molecule has 0 aromatic heterocycles. The Kier molecular flexibility index (Phi) is 4.95. The minimum absolute atomic E-state index is 0.115. The highest BCUT2D eigenvalue weighted by atomic mass is 16.5. The van der Waals surface area contributed by atoms with Crippen LogP contribution in [0.25, 0.3) is 0 Å². The van der Waals surface area contributed by atoms with E-state index in [0.717, 1.165) is 11.1 Å². The van der Waals surface area contributed by atoms with Gasteiger partial charge >= 0.3 is 0 Å². The van der Waals surface area contributed by atoms with E-state index in [2.05, 4.69) is 5.32 Å². The fourth-order valence-electron chi connectivity index (χ4n) is 1.55. The normalized spacial score (nSPS) is 12.2. The first-order valence-corrected chi connectivity index (χ1v) is 5.13. The van der Waals surface area contributed by atoms with Crippen LogP contribution in [0, 0.1) is 0 Å². The van der Waals surface area contributed by atoms with Crippen LogP contribution in [0.5, 0.6) is 0 Å². The molecular weight excluding hydrogens is 206 g/mol. The molecule has 0 saturated heterocycles. The second-order valence-electron chi connectivity index (χ2n) is 3.61. The van der Waals surface area contributed by atoms with Crippen molar-refractivity contribution in [1.82, 2.24) is 5.32 Å². The van der Waals surface area contributed by atoms with Gasteiger partial charge in [-0.3, -0.25) is 4.79 Å². The molecule has 2 N–H and O–H groups in total. The molecule has 0 bridgehead atoms. The summed E-state index contributed by atoms with van der Waals surface area (Å²) >= 11 is 0. The molecule has 1 amide bonds. The molecule has 0 aliphatic carbocycles. The van der Waals surface area contributed by atoms with Crippen LogP contribution in [0.2, 0.25) is 0 Å². The zero-order chi connectivity index (χ0) is 12.0. The van der Waals surface area contributed by atoms with E-state index in [0.29, 0.717) is 6.61 Å². The van der Waals surface area contributed by atoms with Crippen molar-refractivity contribution in [3.63, 3.8) is 0 Å². The van der Waals surface area contributed by atoms with Crippen molar-refractivity contribution in [2.75, 3.05) is 13.7 Å². The maximum Gasteiger partial charge on any atom is 0.217 e. The van der Waals surface area contributed by atoms with Crippen molar-refractivity contribution >= 4 is 5.91 Å². The van der Waals surface area contributed by atoms with E-state index in [1.807, 2.05) is 24.3 Å². The van der Waals surface area contributed by atoms with Crippen LogP contribution in [0.15, 0.2) is 24.3 Å². The van der Waals surface area contributed by atoms with Gasteiger partial charge in [-0.2, -0.15) is 0 Å². The van der Waals surface area contributed by atoms with Crippen molar-refractivity contribution in [2.45, 2.75) is 19.6 Å². The Labute approximate surface area is 95.2 Å². The largest absolute Gasteiger partial charge is 0.394 e. The third kappa shape index (κ3) is 3.64. The summed E-state index contributed by atoms with van der Waals surface area (Å²) in [5, 5.41) is 11.9. The number of ether oxygens (including phenoxy) is 1. The first-order valence-electron chi connectivity index (χ1n) is 5.13. The minimum atomic E-state index is -0.352. The summed E-state index contributed by atoms with van der Waals surface area (Å²) in [6.07, 6.45) is 0. The van der Waals surface area contributed by atoms with Crippen LogP contribution >= 0.6 is 0 Å². The van der Waals surface area contributed by atoms with E-state index in [-0.39, 0.29) is 18.6 Å². The predicted molar refractivity (Wildman–Crippen MR) is 60.8 cm³/mol. The van der Waals surface area contributed by atoms with Gasteiger partial charge in [0.2, 0.25) is 5.91 Å². The Hall–Kier alpha value is -1.39. The van der Waals surface area contributed by atoms with Gasteiger partial charge in [-0.1, -0.05) is 24.3 Å². The lowest BCUT2D eigenvalue weighted by atomic mass is 10.0. The Morgan fingerprint density at radius 1 is 1.56 bits per heavy atom. The number of aliphatic hydroxyl groups is 1. The monoisotopic (exact) mass is 223 g/mol. The molecule has 1 rings (SSSR count). The van der Waals surface area contributed by atoms with Gasteiger partial charge in [-0.05, 0) is 11.1 Å². The molecule has 0 saturated carbocycles. The summed E-state index contributed by atoms with van der Waals surface area (Å²) < 4.78 is 5.03. The predicted octanol–water partition coefficient (Wildman–Crippen LogP) is 1.00. The van der Waals surface area contributed by atoms with E-state index < -0.39 is 0 Å². The van der Waals surface area contributed by atoms with Crippen molar-refractivity contribution < 1.29 is 14.6 Å². The molecule has 0 unspecified atom stereocenters. The molecule has 4 heteroatoms. The van der Waals surface area contributed by atoms with Gasteiger partial charge in [0.25, 0.3) is 0 Å². The average Bonchev–Trinajstić information content (AvgIpc) is 2.26. The molecule has 88 valence electrons. The molecule has 0 radical (unpaired) electrons. The fraction of sp³-hybridized carbons (Fsp3) is 0.417. The van der Waals surface area contributed by atoms with Crippen LogP contribution in [0.3, 0.4) is 0 Å². The smallest absolute Gasteiger partial charge is 0.217 e. The highest BCUT2D eigenvalue weighted by molar-refractivity contribution is 5.73. The average molecular weight is 223 g/mol. The maximum atomic E-state index is 11.0. The van der Waals surface area contributed by atoms with E-state index in [9.17, 15) is 9.90 Å². The van der Waals surface area contributed by atoms with Crippen LogP contribution in [-0.4, -0.2) is 24.7 Å². The number of hydrogen-bond acceptors (Lipinski definition) is 3. The molecule has 16 heavy (non-hydrogen) atoms. The molecular formula is C12H17NO3. The third-order valence-corrected chi connectivity index (χ3v) is 2.22. The summed E-state index contributed by atoms with van der Waals surface area (Å²) in [5.74, 6) is -0.156. The van der Waals surface area contributed by atoms with E-state index in [1.54, 1.807) is 7.11 Å². The number of aliphatic hydroxyl groups excluding tert-OH is 1. The van der Waals surface area contributed by atoms with Crippen LogP contribution in [0.1, 0.15) is 24.1 Å². The number of hydrogen-bond donors (Lipinski definition) is 2. The molecule has 0 heterocycles. The van der Waals surface area contributed by atoms with Crippen molar-refractivity contribution in [1.29, 1.82) is 0 Å². The van der Waals surface area contributed by atoms with Gasteiger partial charge in [0.1, 0.15) is 0 Å². The quantitative estimate of drug-likeness (QED) is 0.783. The molecule has 1 aromatic carbocycles. The lowest BCUT2D eigenvalue weighted by Gasteiger charge is -2.16. The van der Waals surface area contributed by atoms with Crippen LogP contribution in [-0.2, 0) is 16.1 Å². The van der Waals surface area contributed by atoms with Gasteiger partial charge in [0.15, 0.2) is 0 Å². The van der Waals surface area contributed by atoms with Crippen molar-refractivity contribution in [2.24, 2.45) is 0 Å². The zero-order valence-electron chi connectivity index (χ0n) is 9.56. The topological polar surface area (TPSA) is 58.6 Å². The highest BCUT2D eigenvalue weighted by Crippen LogP contribution is 2.14. The molecule has 0 aliphatic rings. The lowest BCUT2D eigenvalue weighted by Crippen LogP contribution is -2.28. The standard InChI is InChI=1S/C12H17NO3/c1-9(15)13-12(7-14)11-5-3-4-10(6-11)8-16-2/h3-6,12,14H,7-8H2,1-2H3,(H,13,15)/t12-/m1/s1. The summed E-state index contributed by atoms with van der Waals surface area (Å²) in [6.45, 7) is 1.84. The summed E-state index contributed by atoms with van der Waals surface area (Å²) in [4.78, 5) is 11.0. The Morgan fingerprint density at radius 3 is 2.88 bits per heavy atom. The van der Waals surface area contributed by atoms with Crippen molar-refractivity contribution in [3.8, 4) is 0 Å². The molecule has 0 aliphatic heterocycles. The zero-order valence-corrected chi connectivity index (χ0v) is 9.56. The van der Waals surface area contributed by atoms with Crippen molar-refractivity contribution in [3.05, 3.63) is 35.4 Å². The molecule has 1 atom stereocenters. The van der Waals surface area contributed by atoms with Gasteiger partial charge in [0, 0.05) is 14.0 Å².